The van der Waals surface area contributed by atoms with Crippen LogP contribution in [0.2, 0.25) is 0 Å². The number of nitrogens with one attached hydrogen (secondary N) is 1. The first-order valence-corrected chi connectivity index (χ1v) is 8.73. The van der Waals surface area contributed by atoms with Gasteiger partial charge in [0.15, 0.2) is 0 Å². The zero-order valence-corrected chi connectivity index (χ0v) is 15.9. The Balaban J connectivity index is 2.37. The van der Waals surface area contributed by atoms with Crippen molar-refractivity contribution in [3.63, 3.8) is 0 Å². The number of ether oxygens (including phenoxy) is 2. The number of hydrogen-bond acceptors (Lipinski definition) is 5. The number of carbonyl (C=O) groups excluding carboxylic acids is 3. The first-order valence-electron chi connectivity index (χ1n) is 8.73. The molecule has 0 aliphatic rings. The Bertz CT molecular complexity index is 837. The van der Waals surface area contributed by atoms with Gasteiger partial charge in [0, 0.05) is 11.3 Å². The van der Waals surface area contributed by atoms with Crippen molar-refractivity contribution in [3.8, 4) is 0 Å². The zero-order chi connectivity index (χ0) is 20.0. The molecule has 0 bridgehead atoms. The summed E-state index contributed by atoms with van der Waals surface area (Å²) in [6.07, 6.45) is 0. The first-order chi connectivity index (χ1) is 12.8. The summed E-state index contributed by atoms with van der Waals surface area (Å²) in [7, 11) is 0. The summed E-state index contributed by atoms with van der Waals surface area (Å²) in [5, 5.41) is 2.74. The molecule has 2 rings (SSSR count). The average molecular weight is 369 g/mol. The minimum Gasteiger partial charge on any atom is -0.462 e. The highest BCUT2D eigenvalue weighted by Gasteiger charge is 2.17. The van der Waals surface area contributed by atoms with E-state index >= 15 is 0 Å². The molecule has 0 unspecified atom stereocenters. The van der Waals surface area contributed by atoms with Crippen LogP contribution in [0.3, 0.4) is 0 Å². The van der Waals surface area contributed by atoms with Gasteiger partial charge in [0.2, 0.25) is 0 Å². The minimum absolute atomic E-state index is 0.165. The Labute approximate surface area is 158 Å². The summed E-state index contributed by atoms with van der Waals surface area (Å²) in [4.78, 5) is 36.8. The van der Waals surface area contributed by atoms with Crippen molar-refractivity contribution >= 4 is 23.5 Å². The molecule has 1 N–H and O–H groups in total. The van der Waals surface area contributed by atoms with E-state index in [0.717, 1.165) is 11.1 Å². The van der Waals surface area contributed by atoms with Crippen LogP contribution < -0.4 is 5.32 Å². The van der Waals surface area contributed by atoms with Crippen LogP contribution >= 0.6 is 0 Å². The standard InChI is InChI=1S/C21H23NO5/c1-5-26-20(24)15-10-16(21(25)27-6-2)12-17(11-15)22-19(23)18-8-7-13(3)9-14(18)4/h7-12H,5-6H2,1-4H3,(H,22,23). The van der Waals surface area contributed by atoms with Crippen molar-refractivity contribution < 1.29 is 23.9 Å². The highest BCUT2D eigenvalue weighted by atomic mass is 16.5. The fourth-order valence-corrected chi connectivity index (χ4v) is 2.63. The number of hydrogen-bond donors (Lipinski definition) is 1. The molecule has 2 aromatic rings. The third-order valence-corrected chi connectivity index (χ3v) is 3.84. The molecule has 0 heterocycles. The lowest BCUT2D eigenvalue weighted by Crippen LogP contribution is -2.16. The second kappa shape index (κ2) is 8.98. The molecular formula is C21H23NO5. The molecule has 0 aromatic heterocycles. The van der Waals surface area contributed by atoms with Crippen LogP contribution in [-0.4, -0.2) is 31.1 Å². The van der Waals surface area contributed by atoms with Crippen molar-refractivity contribution in [1.82, 2.24) is 0 Å². The van der Waals surface area contributed by atoms with E-state index in [1.54, 1.807) is 19.9 Å². The smallest absolute Gasteiger partial charge is 0.338 e. The molecule has 0 aliphatic heterocycles. The molecule has 0 saturated heterocycles. The van der Waals surface area contributed by atoms with Gasteiger partial charge in [-0.3, -0.25) is 4.79 Å². The average Bonchev–Trinajstić information content (AvgIpc) is 2.61. The van der Waals surface area contributed by atoms with Crippen LogP contribution in [-0.2, 0) is 9.47 Å². The SMILES string of the molecule is CCOC(=O)c1cc(NC(=O)c2ccc(C)cc2C)cc(C(=O)OCC)c1. The monoisotopic (exact) mass is 369 g/mol. The lowest BCUT2D eigenvalue weighted by molar-refractivity contribution is 0.0525. The van der Waals surface area contributed by atoms with Crippen molar-refractivity contribution in [2.24, 2.45) is 0 Å². The van der Waals surface area contributed by atoms with Gasteiger partial charge in [-0.25, -0.2) is 9.59 Å². The van der Waals surface area contributed by atoms with Crippen molar-refractivity contribution in [2.75, 3.05) is 18.5 Å². The maximum atomic E-state index is 12.6. The highest BCUT2D eigenvalue weighted by molar-refractivity contribution is 6.06. The number of carbonyl (C=O) groups is 3. The van der Waals surface area contributed by atoms with Gasteiger partial charge in [-0.15, -0.1) is 0 Å². The van der Waals surface area contributed by atoms with Gasteiger partial charge in [-0.05, 0) is 57.5 Å². The minimum atomic E-state index is -0.578. The van der Waals surface area contributed by atoms with Gasteiger partial charge in [0.1, 0.15) is 0 Å². The van der Waals surface area contributed by atoms with E-state index in [1.165, 1.54) is 18.2 Å². The number of benzene rings is 2. The third-order valence-electron chi connectivity index (χ3n) is 3.84. The topological polar surface area (TPSA) is 81.7 Å². The molecule has 0 aliphatic carbocycles. The summed E-state index contributed by atoms with van der Waals surface area (Å²) in [5.41, 5.74) is 3.04. The normalized spacial score (nSPS) is 10.2. The highest BCUT2D eigenvalue weighted by Crippen LogP contribution is 2.19. The van der Waals surface area contributed by atoms with E-state index in [4.69, 9.17) is 9.47 Å². The second-order valence-corrected chi connectivity index (χ2v) is 6.01. The number of anilines is 1. The van der Waals surface area contributed by atoms with Crippen molar-refractivity contribution in [3.05, 3.63) is 64.2 Å². The lowest BCUT2D eigenvalue weighted by Gasteiger charge is -2.12. The molecule has 27 heavy (non-hydrogen) atoms. The Morgan fingerprint density at radius 3 is 1.89 bits per heavy atom. The van der Waals surface area contributed by atoms with Gasteiger partial charge >= 0.3 is 11.9 Å². The number of amides is 1. The molecule has 0 saturated carbocycles. The molecule has 0 fully saturated rings. The van der Waals surface area contributed by atoms with Gasteiger partial charge in [0.05, 0.1) is 24.3 Å². The van der Waals surface area contributed by atoms with Crippen LogP contribution in [0.15, 0.2) is 36.4 Å². The Morgan fingerprint density at radius 1 is 0.852 bits per heavy atom. The van der Waals surface area contributed by atoms with Crippen LogP contribution in [0.5, 0.6) is 0 Å². The predicted octanol–water partition coefficient (Wildman–Crippen LogP) is 3.91. The van der Waals surface area contributed by atoms with Gasteiger partial charge in [-0.1, -0.05) is 17.7 Å². The zero-order valence-electron chi connectivity index (χ0n) is 15.9. The Hall–Kier alpha value is -3.15. The Morgan fingerprint density at radius 2 is 1.41 bits per heavy atom. The molecule has 2 aromatic carbocycles. The van der Waals surface area contributed by atoms with Gasteiger partial charge < -0.3 is 14.8 Å². The molecule has 0 spiro atoms. The van der Waals surface area contributed by atoms with E-state index in [1.807, 2.05) is 26.0 Å². The van der Waals surface area contributed by atoms with Crippen LogP contribution in [0.4, 0.5) is 5.69 Å². The fourth-order valence-electron chi connectivity index (χ4n) is 2.63. The summed E-state index contributed by atoms with van der Waals surface area (Å²) in [6, 6.07) is 9.84. The maximum Gasteiger partial charge on any atom is 0.338 e. The van der Waals surface area contributed by atoms with E-state index < -0.39 is 11.9 Å². The van der Waals surface area contributed by atoms with E-state index in [9.17, 15) is 14.4 Å². The molecule has 142 valence electrons. The van der Waals surface area contributed by atoms with Gasteiger partial charge in [-0.2, -0.15) is 0 Å². The van der Waals surface area contributed by atoms with Crippen LogP contribution in [0.1, 0.15) is 56.0 Å². The summed E-state index contributed by atoms with van der Waals surface area (Å²) in [6.45, 7) is 7.58. The predicted molar refractivity (Wildman–Crippen MR) is 102 cm³/mol. The second-order valence-electron chi connectivity index (χ2n) is 6.01. The summed E-state index contributed by atoms with van der Waals surface area (Å²) in [5.74, 6) is -1.49. The molecule has 6 heteroatoms. The first kappa shape index (κ1) is 20.2. The molecule has 0 radical (unpaired) electrons. The van der Waals surface area contributed by atoms with E-state index in [2.05, 4.69) is 5.32 Å². The van der Waals surface area contributed by atoms with Crippen molar-refractivity contribution in [1.29, 1.82) is 0 Å². The largest absolute Gasteiger partial charge is 0.462 e. The fraction of sp³-hybridized carbons (Fsp3) is 0.286. The van der Waals surface area contributed by atoms with Crippen LogP contribution in [0, 0.1) is 13.8 Å². The quantitative estimate of drug-likeness (QED) is 0.781. The third kappa shape index (κ3) is 5.17. The summed E-state index contributed by atoms with van der Waals surface area (Å²) < 4.78 is 9.99. The summed E-state index contributed by atoms with van der Waals surface area (Å²) >= 11 is 0. The Kier molecular flexibility index (Phi) is 6.71. The molecule has 0 atom stereocenters. The number of esters is 2. The number of rotatable bonds is 6. The van der Waals surface area contributed by atoms with E-state index in [-0.39, 0.29) is 30.2 Å². The van der Waals surface area contributed by atoms with E-state index in [0.29, 0.717) is 11.3 Å². The van der Waals surface area contributed by atoms with Crippen molar-refractivity contribution in [2.45, 2.75) is 27.7 Å². The number of aryl methyl sites for hydroxylation is 2. The molecule has 6 nitrogen and oxygen atoms in total. The maximum absolute atomic E-state index is 12.6. The lowest BCUT2D eigenvalue weighted by atomic mass is 10.0. The molecular weight excluding hydrogens is 346 g/mol. The van der Waals surface area contributed by atoms with Crippen LogP contribution in [0.25, 0.3) is 0 Å². The molecule has 1 amide bonds. The van der Waals surface area contributed by atoms with Gasteiger partial charge in [0.25, 0.3) is 5.91 Å².